The van der Waals surface area contributed by atoms with Gasteiger partial charge in [0.25, 0.3) is 5.69 Å². The molecule has 19 heavy (non-hydrogen) atoms. The molecule has 0 spiro atoms. The lowest BCUT2D eigenvalue weighted by Gasteiger charge is -2.07. The minimum absolute atomic E-state index is 0.0849. The highest BCUT2D eigenvalue weighted by Crippen LogP contribution is 2.31. The van der Waals surface area contributed by atoms with E-state index in [1.54, 1.807) is 18.2 Å². The van der Waals surface area contributed by atoms with Crippen LogP contribution in [0.15, 0.2) is 40.9 Å². The van der Waals surface area contributed by atoms with Crippen LogP contribution in [0.5, 0.6) is 0 Å². The first kappa shape index (κ1) is 13.8. The quantitative estimate of drug-likeness (QED) is 0.517. The molecule has 0 fully saturated rings. The molecule has 6 heteroatoms. The number of nitrogen functional groups attached to an aromatic ring is 1. The van der Waals surface area contributed by atoms with Crippen molar-refractivity contribution in [3.05, 3.63) is 67.1 Å². The summed E-state index contributed by atoms with van der Waals surface area (Å²) in [4.78, 5) is 10.4. The van der Waals surface area contributed by atoms with Crippen LogP contribution < -0.4 is 5.73 Å². The van der Waals surface area contributed by atoms with Crippen LogP contribution in [0, 0.1) is 10.1 Å². The summed E-state index contributed by atoms with van der Waals surface area (Å²) in [5.74, 6) is 0. The minimum atomic E-state index is -0.481. The van der Waals surface area contributed by atoms with E-state index in [9.17, 15) is 10.1 Å². The van der Waals surface area contributed by atoms with Gasteiger partial charge >= 0.3 is 0 Å². The average molecular weight is 342 g/mol. The smallest absolute Gasteiger partial charge is 0.293 e. The van der Waals surface area contributed by atoms with Crippen molar-refractivity contribution in [2.24, 2.45) is 0 Å². The number of rotatable bonds is 3. The molecule has 0 unspecified atom stereocenters. The maximum atomic E-state index is 10.9. The molecule has 0 amide bonds. The topological polar surface area (TPSA) is 69.2 Å². The Morgan fingerprint density at radius 2 is 1.89 bits per heavy atom. The molecule has 2 aromatic rings. The van der Waals surface area contributed by atoms with Crippen LogP contribution >= 0.6 is 27.5 Å². The fourth-order valence-electron chi connectivity index (χ4n) is 1.78. The third-order valence-corrected chi connectivity index (χ3v) is 3.42. The second kappa shape index (κ2) is 5.59. The predicted octanol–water partition coefficient (Wildman–Crippen LogP) is 4.18. The van der Waals surface area contributed by atoms with Crippen molar-refractivity contribution in [3.8, 4) is 0 Å². The molecule has 2 aromatic carbocycles. The SMILES string of the molecule is Nc1c(Cc2ccc(Cl)cc2)cc(Br)cc1[N+](=O)[O-]. The Kier molecular flexibility index (Phi) is 4.07. The standard InChI is InChI=1S/C13H10BrClN2O2/c14-10-6-9(13(16)12(7-10)17(18)19)5-8-1-3-11(15)4-2-8/h1-4,6-7H,5,16H2. The number of hydrogen-bond acceptors (Lipinski definition) is 3. The molecule has 2 N–H and O–H groups in total. The van der Waals surface area contributed by atoms with Crippen LogP contribution in [-0.4, -0.2) is 4.92 Å². The van der Waals surface area contributed by atoms with E-state index in [4.69, 9.17) is 17.3 Å². The number of nitro benzene ring substituents is 1. The number of nitrogens with two attached hydrogens (primary N) is 1. The summed E-state index contributed by atoms with van der Waals surface area (Å²) in [6.07, 6.45) is 0.517. The molecular formula is C13H10BrClN2O2. The first-order valence-electron chi connectivity index (χ1n) is 5.44. The Hall–Kier alpha value is -1.59. The Morgan fingerprint density at radius 3 is 2.47 bits per heavy atom. The summed E-state index contributed by atoms with van der Waals surface area (Å²) in [5.41, 5.74) is 7.66. The van der Waals surface area contributed by atoms with E-state index in [0.29, 0.717) is 21.5 Å². The largest absolute Gasteiger partial charge is 0.393 e. The van der Waals surface area contributed by atoms with Gasteiger partial charge in [0.15, 0.2) is 0 Å². The molecule has 0 aromatic heterocycles. The Morgan fingerprint density at radius 1 is 1.26 bits per heavy atom. The van der Waals surface area contributed by atoms with Crippen molar-refractivity contribution in [2.75, 3.05) is 5.73 Å². The summed E-state index contributed by atoms with van der Waals surface area (Å²) in [7, 11) is 0. The minimum Gasteiger partial charge on any atom is -0.393 e. The lowest BCUT2D eigenvalue weighted by atomic mass is 10.0. The number of benzene rings is 2. The van der Waals surface area contributed by atoms with E-state index >= 15 is 0 Å². The van der Waals surface area contributed by atoms with E-state index in [1.807, 2.05) is 12.1 Å². The molecule has 0 saturated heterocycles. The third-order valence-electron chi connectivity index (χ3n) is 2.71. The molecule has 0 aliphatic rings. The molecule has 0 aliphatic carbocycles. The maximum absolute atomic E-state index is 10.9. The molecule has 0 aliphatic heterocycles. The van der Waals surface area contributed by atoms with Gasteiger partial charge in [-0.25, -0.2) is 0 Å². The second-order valence-corrected chi connectivity index (χ2v) is 5.41. The van der Waals surface area contributed by atoms with E-state index in [1.165, 1.54) is 6.07 Å². The molecule has 0 heterocycles. The second-order valence-electron chi connectivity index (χ2n) is 4.06. The Bertz CT molecular complexity index is 629. The van der Waals surface area contributed by atoms with Gasteiger partial charge in [0.05, 0.1) is 4.92 Å². The molecule has 98 valence electrons. The monoisotopic (exact) mass is 340 g/mol. The van der Waals surface area contributed by atoms with Crippen LogP contribution in [0.3, 0.4) is 0 Å². The van der Waals surface area contributed by atoms with Gasteiger partial charge in [-0.15, -0.1) is 0 Å². The van der Waals surface area contributed by atoms with Gasteiger partial charge in [0.2, 0.25) is 0 Å². The lowest BCUT2D eigenvalue weighted by Crippen LogP contribution is -2.01. The third kappa shape index (κ3) is 3.24. The summed E-state index contributed by atoms with van der Waals surface area (Å²) < 4.78 is 0.636. The zero-order chi connectivity index (χ0) is 14.0. The van der Waals surface area contributed by atoms with E-state index in [2.05, 4.69) is 15.9 Å². The van der Waals surface area contributed by atoms with Crippen LogP contribution in [0.1, 0.15) is 11.1 Å². The van der Waals surface area contributed by atoms with Crippen molar-refractivity contribution in [1.29, 1.82) is 0 Å². The fraction of sp³-hybridized carbons (Fsp3) is 0.0769. The van der Waals surface area contributed by atoms with Crippen molar-refractivity contribution >= 4 is 38.9 Å². The number of anilines is 1. The van der Waals surface area contributed by atoms with E-state index in [0.717, 1.165) is 5.56 Å². The van der Waals surface area contributed by atoms with Gasteiger partial charge in [0.1, 0.15) is 5.69 Å². The first-order chi connectivity index (χ1) is 8.97. The normalized spacial score (nSPS) is 10.4. The van der Waals surface area contributed by atoms with Gasteiger partial charge in [-0.1, -0.05) is 39.7 Å². The van der Waals surface area contributed by atoms with Gasteiger partial charge < -0.3 is 5.73 Å². The van der Waals surface area contributed by atoms with Crippen molar-refractivity contribution in [3.63, 3.8) is 0 Å². The Balaban J connectivity index is 2.39. The molecule has 0 bridgehead atoms. The van der Waals surface area contributed by atoms with Crippen LogP contribution in [0.4, 0.5) is 11.4 Å². The fourth-order valence-corrected chi connectivity index (χ4v) is 2.40. The highest BCUT2D eigenvalue weighted by Gasteiger charge is 2.16. The van der Waals surface area contributed by atoms with Crippen LogP contribution in [0.2, 0.25) is 5.02 Å². The number of nitro groups is 1. The molecule has 0 radical (unpaired) electrons. The first-order valence-corrected chi connectivity index (χ1v) is 6.61. The van der Waals surface area contributed by atoms with Crippen molar-refractivity contribution < 1.29 is 4.92 Å². The summed E-state index contributed by atoms with van der Waals surface area (Å²) >= 11 is 9.08. The van der Waals surface area contributed by atoms with Crippen LogP contribution in [-0.2, 0) is 6.42 Å². The number of hydrogen-bond donors (Lipinski definition) is 1. The van der Waals surface area contributed by atoms with Gasteiger partial charge in [-0.2, -0.15) is 0 Å². The van der Waals surface area contributed by atoms with Gasteiger partial charge in [-0.3, -0.25) is 10.1 Å². The molecule has 2 rings (SSSR count). The molecular weight excluding hydrogens is 332 g/mol. The zero-order valence-electron chi connectivity index (χ0n) is 9.77. The van der Waals surface area contributed by atoms with Crippen molar-refractivity contribution in [1.82, 2.24) is 0 Å². The highest BCUT2D eigenvalue weighted by molar-refractivity contribution is 9.10. The van der Waals surface area contributed by atoms with Gasteiger partial charge in [-0.05, 0) is 35.7 Å². The zero-order valence-corrected chi connectivity index (χ0v) is 12.1. The van der Waals surface area contributed by atoms with E-state index in [-0.39, 0.29) is 11.4 Å². The average Bonchev–Trinajstić information content (AvgIpc) is 2.35. The lowest BCUT2D eigenvalue weighted by molar-refractivity contribution is -0.384. The van der Waals surface area contributed by atoms with Crippen molar-refractivity contribution in [2.45, 2.75) is 6.42 Å². The number of nitrogens with zero attached hydrogens (tertiary/aromatic N) is 1. The van der Waals surface area contributed by atoms with Crippen LogP contribution in [0.25, 0.3) is 0 Å². The summed E-state index contributed by atoms with van der Waals surface area (Å²) in [5, 5.41) is 11.6. The van der Waals surface area contributed by atoms with E-state index < -0.39 is 4.92 Å². The predicted molar refractivity (Wildman–Crippen MR) is 79.5 cm³/mol. The molecule has 0 saturated carbocycles. The molecule has 4 nitrogen and oxygen atoms in total. The number of halogens is 2. The maximum Gasteiger partial charge on any atom is 0.293 e. The van der Waals surface area contributed by atoms with Gasteiger partial charge in [0, 0.05) is 15.6 Å². The molecule has 0 atom stereocenters. The highest BCUT2D eigenvalue weighted by atomic mass is 79.9. The summed E-state index contributed by atoms with van der Waals surface area (Å²) in [6, 6.07) is 10.5. The Labute approximate surface area is 123 Å². The summed E-state index contributed by atoms with van der Waals surface area (Å²) in [6.45, 7) is 0.